The van der Waals surface area contributed by atoms with Gasteiger partial charge in [0.05, 0.1) is 6.04 Å². The predicted octanol–water partition coefficient (Wildman–Crippen LogP) is 6.18. The Labute approximate surface area is 231 Å². The van der Waals surface area contributed by atoms with Crippen LogP contribution in [0.15, 0.2) is 47.5 Å². The molecule has 2 aromatic rings. The van der Waals surface area contributed by atoms with Crippen molar-refractivity contribution < 1.29 is 4.79 Å². The summed E-state index contributed by atoms with van der Waals surface area (Å²) in [5.41, 5.74) is 8.39. The van der Waals surface area contributed by atoms with Crippen molar-refractivity contribution in [2.24, 2.45) is 10.7 Å². The van der Waals surface area contributed by atoms with Crippen LogP contribution in [0.5, 0.6) is 0 Å². The molecule has 8 heteroatoms. The second-order valence-corrected chi connectivity index (χ2v) is 11.1. The molecule has 1 saturated carbocycles. The topological polar surface area (TPSA) is 82.8 Å². The van der Waals surface area contributed by atoms with Gasteiger partial charge in [0.25, 0.3) is 0 Å². The zero-order chi connectivity index (χ0) is 26.2. The average molecular weight is 545 g/mol. The number of anilines is 1. The van der Waals surface area contributed by atoms with E-state index in [9.17, 15) is 4.79 Å². The highest BCUT2D eigenvalue weighted by Gasteiger charge is 2.24. The molecule has 1 aliphatic heterocycles. The van der Waals surface area contributed by atoms with E-state index in [1.165, 1.54) is 25.7 Å². The molecule has 0 aromatic heterocycles. The molecule has 2 aliphatic rings. The first-order chi connectivity index (χ1) is 17.9. The Balaban J connectivity index is 1.56. The summed E-state index contributed by atoms with van der Waals surface area (Å²) in [6, 6.07) is 14.4. The highest BCUT2D eigenvalue weighted by atomic mass is 35.5. The van der Waals surface area contributed by atoms with Crippen LogP contribution in [0.1, 0.15) is 75.3 Å². The minimum atomic E-state index is -0.375. The molecule has 6 nitrogen and oxygen atoms in total. The lowest BCUT2D eigenvalue weighted by Crippen LogP contribution is -2.54. The zero-order valence-electron chi connectivity index (χ0n) is 21.7. The van der Waals surface area contributed by atoms with E-state index in [1.807, 2.05) is 18.2 Å². The SMILES string of the molecule is CCC[C@H]1CN(/C(=N\C2CCCCC2)Nc2ccc(C(CC(N)=O)c3ccc(Cl)cc3Cl)cc2)CCN1. The lowest BCUT2D eigenvalue weighted by Gasteiger charge is -2.36. The number of hydrogen-bond donors (Lipinski definition) is 3. The fourth-order valence-corrected chi connectivity index (χ4v) is 6.00. The van der Waals surface area contributed by atoms with Gasteiger partial charge in [-0.15, -0.1) is 0 Å². The molecule has 2 aromatic carbocycles. The Morgan fingerprint density at radius 3 is 2.59 bits per heavy atom. The van der Waals surface area contributed by atoms with E-state index in [2.05, 4.69) is 34.6 Å². The standard InChI is InChI=1S/C29H39Cl2N5O/c1-2-6-24-19-36(16-15-33-24)29(34-22-7-4-3-5-8-22)35-23-12-9-20(10-13-23)26(18-28(32)37)25-14-11-21(30)17-27(25)31/h9-14,17,22,24,26,33H,2-8,15-16,18-19H2,1H3,(H2,32,37)(H,34,35)/t24-,26?/m0/s1. The molecule has 1 unspecified atom stereocenters. The van der Waals surface area contributed by atoms with Gasteiger partial charge in [0.15, 0.2) is 5.96 Å². The third kappa shape index (κ3) is 7.86. The number of carbonyl (C=O) groups is 1. The minimum absolute atomic E-state index is 0.169. The largest absolute Gasteiger partial charge is 0.370 e. The van der Waals surface area contributed by atoms with Crippen molar-refractivity contribution in [3.63, 3.8) is 0 Å². The van der Waals surface area contributed by atoms with Gasteiger partial charge in [0.1, 0.15) is 0 Å². The van der Waals surface area contributed by atoms with Gasteiger partial charge in [0, 0.05) is 53.7 Å². The molecule has 0 radical (unpaired) electrons. The molecule has 2 atom stereocenters. The van der Waals surface area contributed by atoms with Crippen molar-refractivity contribution in [3.05, 3.63) is 63.6 Å². The molecule has 200 valence electrons. The summed E-state index contributed by atoms with van der Waals surface area (Å²) in [5, 5.41) is 8.38. The summed E-state index contributed by atoms with van der Waals surface area (Å²) in [6.07, 6.45) is 8.64. The third-order valence-electron chi connectivity index (χ3n) is 7.38. The minimum Gasteiger partial charge on any atom is -0.370 e. The number of halogens is 2. The summed E-state index contributed by atoms with van der Waals surface area (Å²) in [4.78, 5) is 19.5. The highest BCUT2D eigenvalue weighted by molar-refractivity contribution is 6.35. The van der Waals surface area contributed by atoms with Crippen molar-refractivity contribution in [1.29, 1.82) is 0 Å². The molecule has 2 fully saturated rings. The van der Waals surface area contributed by atoms with Gasteiger partial charge in [0.2, 0.25) is 5.91 Å². The van der Waals surface area contributed by atoms with Gasteiger partial charge in [-0.25, -0.2) is 4.99 Å². The van der Waals surface area contributed by atoms with Crippen LogP contribution in [0.25, 0.3) is 0 Å². The number of primary amides is 1. The van der Waals surface area contributed by atoms with Crippen molar-refractivity contribution in [1.82, 2.24) is 10.2 Å². The van der Waals surface area contributed by atoms with Gasteiger partial charge >= 0.3 is 0 Å². The molecular formula is C29H39Cl2N5O. The van der Waals surface area contributed by atoms with E-state index < -0.39 is 0 Å². The Kier molecular flexibility index (Phi) is 10.1. The molecule has 37 heavy (non-hydrogen) atoms. The number of rotatable bonds is 8. The number of benzene rings is 2. The van der Waals surface area contributed by atoms with Crippen molar-refractivity contribution in [2.75, 3.05) is 25.0 Å². The maximum absolute atomic E-state index is 11.9. The smallest absolute Gasteiger partial charge is 0.218 e. The number of nitrogens with two attached hydrogens (primary N) is 1. The molecule has 4 rings (SSSR count). The number of guanidine groups is 1. The normalized spacial score (nSPS) is 20.0. The monoisotopic (exact) mass is 543 g/mol. The second kappa shape index (κ2) is 13.5. The summed E-state index contributed by atoms with van der Waals surface area (Å²) in [7, 11) is 0. The van der Waals surface area contributed by atoms with Crippen molar-refractivity contribution in [2.45, 2.75) is 76.3 Å². The van der Waals surface area contributed by atoms with Crippen LogP contribution >= 0.6 is 23.2 Å². The maximum atomic E-state index is 11.9. The van der Waals surface area contributed by atoms with Gasteiger partial charge in [-0.05, 0) is 54.7 Å². The van der Waals surface area contributed by atoms with E-state index in [0.29, 0.717) is 22.1 Å². The average Bonchev–Trinajstić information content (AvgIpc) is 2.89. The first kappa shape index (κ1) is 27.7. The predicted molar refractivity (Wildman–Crippen MR) is 155 cm³/mol. The lowest BCUT2D eigenvalue weighted by atomic mass is 9.88. The summed E-state index contributed by atoms with van der Waals surface area (Å²) in [5.74, 6) is 0.354. The Hall–Kier alpha value is -2.28. The number of amides is 1. The van der Waals surface area contributed by atoms with Crippen LogP contribution in [-0.4, -0.2) is 48.5 Å². The van der Waals surface area contributed by atoms with Gasteiger partial charge in [-0.1, -0.05) is 74.0 Å². The summed E-state index contributed by atoms with van der Waals surface area (Å²) in [6.45, 7) is 5.10. The Bertz CT molecular complexity index is 1070. The third-order valence-corrected chi connectivity index (χ3v) is 7.95. The quantitative estimate of drug-likeness (QED) is 0.274. The fraction of sp³-hybridized carbons (Fsp3) is 0.517. The zero-order valence-corrected chi connectivity index (χ0v) is 23.2. The van der Waals surface area contributed by atoms with Crippen molar-refractivity contribution in [3.8, 4) is 0 Å². The van der Waals surface area contributed by atoms with E-state index in [0.717, 1.165) is 61.7 Å². The van der Waals surface area contributed by atoms with Crippen LogP contribution in [-0.2, 0) is 4.79 Å². The van der Waals surface area contributed by atoms with Gasteiger partial charge in [-0.3, -0.25) is 4.79 Å². The first-order valence-electron chi connectivity index (χ1n) is 13.6. The van der Waals surface area contributed by atoms with Crippen LogP contribution in [0, 0.1) is 0 Å². The maximum Gasteiger partial charge on any atom is 0.218 e. The summed E-state index contributed by atoms with van der Waals surface area (Å²) < 4.78 is 0. The Morgan fingerprint density at radius 2 is 1.92 bits per heavy atom. The number of nitrogens with one attached hydrogen (secondary N) is 2. The van der Waals surface area contributed by atoms with Crippen molar-refractivity contribution >= 4 is 40.8 Å². The van der Waals surface area contributed by atoms with Crippen LogP contribution in [0.3, 0.4) is 0 Å². The van der Waals surface area contributed by atoms with Crippen LogP contribution in [0.4, 0.5) is 5.69 Å². The van der Waals surface area contributed by atoms with E-state index in [4.69, 9.17) is 33.9 Å². The number of piperazine rings is 1. The molecule has 1 heterocycles. The van der Waals surface area contributed by atoms with Crippen LogP contribution < -0.4 is 16.4 Å². The van der Waals surface area contributed by atoms with E-state index >= 15 is 0 Å². The molecule has 1 amide bonds. The molecule has 0 bridgehead atoms. The first-order valence-corrected chi connectivity index (χ1v) is 14.3. The van der Waals surface area contributed by atoms with E-state index in [-0.39, 0.29) is 18.2 Å². The highest BCUT2D eigenvalue weighted by Crippen LogP contribution is 2.35. The Morgan fingerprint density at radius 1 is 1.16 bits per heavy atom. The number of carbonyl (C=O) groups excluding carboxylic acids is 1. The van der Waals surface area contributed by atoms with Crippen LogP contribution in [0.2, 0.25) is 10.0 Å². The summed E-state index contributed by atoms with van der Waals surface area (Å²) >= 11 is 12.6. The second-order valence-electron chi connectivity index (χ2n) is 10.3. The molecule has 1 saturated heterocycles. The molecular weight excluding hydrogens is 505 g/mol. The fourth-order valence-electron chi connectivity index (χ4n) is 5.46. The molecule has 4 N–H and O–H groups in total. The number of aliphatic imine (C=N–C) groups is 1. The van der Waals surface area contributed by atoms with E-state index in [1.54, 1.807) is 12.1 Å². The van der Waals surface area contributed by atoms with Gasteiger partial charge < -0.3 is 21.3 Å². The number of hydrogen-bond acceptors (Lipinski definition) is 3. The molecule has 0 spiro atoms. The lowest BCUT2D eigenvalue weighted by molar-refractivity contribution is -0.118. The molecule has 1 aliphatic carbocycles. The van der Waals surface area contributed by atoms with Gasteiger partial charge in [-0.2, -0.15) is 0 Å². The number of nitrogens with zero attached hydrogens (tertiary/aromatic N) is 2.